The number of rotatable bonds is 5. The van der Waals surface area contributed by atoms with Gasteiger partial charge in [0.25, 0.3) is 0 Å². The summed E-state index contributed by atoms with van der Waals surface area (Å²) in [5, 5.41) is 26.0. The van der Waals surface area contributed by atoms with Crippen LogP contribution in [0.5, 0.6) is 0 Å². The highest BCUT2D eigenvalue weighted by atomic mass is 32.2. The van der Waals surface area contributed by atoms with Crippen molar-refractivity contribution in [3.8, 4) is 6.07 Å². The zero-order valence-electron chi connectivity index (χ0n) is 18.3. The third-order valence-electron chi connectivity index (χ3n) is 4.72. The van der Waals surface area contributed by atoms with Crippen LogP contribution in [0.15, 0.2) is 28.4 Å². The fourth-order valence-electron chi connectivity index (χ4n) is 2.93. The van der Waals surface area contributed by atoms with Crippen LogP contribution in [0.3, 0.4) is 0 Å². The van der Waals surface area contributed by atoms with E-state index in [1.54, 1.807) is 12.3 Å². The lowest BCUT2D eigenvalue weighted by atomic mass is 10.1. The summed E-state index contributed by atoms with van der Waals surface area (Å²) in [5.74, 6) is -2.31. The number of alkyl halides is 3. The topological polar surface area (TPSA) is 148 Å². The Labute approximate surface area is 199 Å². The number of halogens is 3. The van der Waals surface area contributed by atoms with Crippen molar-refractivity contribution in [3.05, 3.63) is 34.1 Å². The molecule has 15 heteroatoms. The van der Waals surface area contributed by atoms with E-state index in [0.717, 1.165) is 17.1 Å². The maximum atomic E-state index is 11.6. The highest BCUT2D eigenvalue weighted by molar-refractivity contribution is 8.06. The van der Waals surface area contributed by atoms with Crippen LogP contribution in [0.4, 0.5) is 19.1 Å². The number of piperidine rings is 1. The fraction of sp³-hybridized carbons (Fsp3) is 0.474. The number of anilines is 1. The monoisotopic (exact) mass is 520 g/mol. The van der Waals surface area contributed by atoms with Crippen LogP contribution >= 0.6 is 11.8 Å². The molecule has 0 unspecified atom stereocenters. The lowest BCUT2D eigenvalue weighted by molar-refractivity contribution is -0.192. The van der Waals surface area contributed by atoms with Crippen molar-refractivity contribution in [1.82, 2.24) is 19.6 Å². The molecule has 0 aromatic carbocycles. The normalized spacial score (nSPS) is 18.6. The van der Waals surface area contributed by atoms with Crippen molar-refractivity contribution >= 4 is 39.3 Å². The van der Waals surface area contributed by atoms with Gasteiger partial charge >= 0.3 is 12.1 Å². The van der Waals surface area contributed by atoms with Crippen LogP contribution in [0.2, 0.25) is 0 Å². The molecule has 0 saturated carbocycles. The maximum absolute atomic E-state index is 11.6. The number of carboxylic acids is 1. The largest absolute Gasteiger partial charge is 0.490 e. The number of thioether (sulfide) groups is 1. The number of nitriles is 1. The molecule has 0 bridgehead atoms. The zero-order valence-corrected chi connectivity index (χ0v) is 19.9. The van der Waals surface area contributed by atoms with Crippen LogP contribution in [0.1, 0.15) is 31.9 Å². The quantitative estimate of drug-likeness (QED) is 0.495. The number of nitrogens with zero attached hydrogens (tertiary/aromatic N) is 4. The molecule has 3 N–H and O–H groups in total. The van der Waals surface area contributed by atoms with E-state index in [-0.39, 0.29) is 6.04 Å². The highest BCUT2D eigenvalue weighted by Crippen LogP contribution is 2.32. The molecule has 0 amide bonds. The van der Waals surface area contributed by atoms with E-state index in [4.69, 9.17) is 9.90 Å². The zero-order chi connectivity index (χ0) is 25.5. The van der Waals surface area contributed by atoms with Crippen molar-refractivity contribution < 1.29 is 31.5 Å². The number of aromatic nitrogens is 2. The molecular weight excluding hydrogens is 497 g/mol. The molecule has 2 aliphatic heterocycles. The van der Waals surface area contributed by atoms with Gasteiger partial charge in [-0.1, -0.05) is 18.7 Å². The first-order chi connectivity index (χ1) is 15.8. The van der Waals surface area contributed by atoms with Gasteiger partial charge in [0.05, 0.1) is 17.0 Å². The molecule has 1 aromatic rings. The van der Waals surface area contributed by atoms with Gasteiger partial charge in [0, 0.05) is 31.0 Å². The Balaban J connectivity index is 0.000000509. The second-order valence-electron chi connectivity index (χ2n) is 7.20. The molecule has 10 nitrogen and oxygen atoms in total. The Bertz CT molecular complexity index is 1110. The first-order valence-corrected chi connectivity index (χ1v) is 12.7. The Morgan fingerprint density at radius 2 is 2.03 bits per heavy atom. The average molecular weight is 521 g/mol. The summed E-state index contributed by atoms with van der Waals surface area (Å²) < 4.78 is 56.4. The summed E-state index contributed by atoms with van der Waals surface area (Å²) in [6, 6.07) is 4.05. The number of aliphatic carboxylic acids is 1. The fourth-order valence-corrected chi connectivity index (χ4v) is 4.75. The standard InChI is InChI=1S/C17H22N6O2S2.C2HF3O2/c1-3-12-11-26-16(20-12)14(10-18)15-4-7-19-17(22-15)21-13-5-8-23(9-6-13)27(2,24)25;3-2(4,5)1(6)7/h4,7,11,13,20H,3,5-6,8-9H2,1-2H3,(H,19,21,22);(H,6,7)/b16-14+;. The smallest absolute Gasteiger partial charge is 0.475 e. The number of carbonyl (C=O) groups is 1. The Morgan fingerprint density at radius 1 is 1.41 bits per heavy atom. The van der Waals surface area contributed by atoms with Gasteiger partial charge in [0.15, 0.2) is 0 Å². The lowest BCUT2D eigenvalue weighted by Crippen LogP contribution is -2.42. The van der Waals surface area contributed by atoms with E-state index in [9.17, 15) is 26.9 Å². The average Bonchev–Trinajstić information content (AvgIpc) is 3.23. The van der Waals surface area contributed by atoms with Crippen LogP contribution in [0, 0.1) is 11.3 Å². The number of sulfonamides is 1. The van der Waals surface area contributed by atoms with Crippen LogP contribution in [-0.4, -0.2) is 65.3 Å². The van der Waals surface area contributed by atoms with Gasteiger partial charge in [-0.3, -0.25) is 0 Å². The third kappa shape index (κ3) is 7.89. The third-order valence-corrected chi connectivity index (χ3v) is 6.97. The molecule has 1 saturated heterocycles. The molecule has 3 heterocycles. The first kappa shape index (κ1) is 27.4. The van der Waals surface area contributed by atoms with E-state index >= 15 is 0 Å². The van der Waals surface area contributed by atoms with Crippen molar-refractivity contribution in [1.29, 1.82) is 5.26 Å². The number of allylic oxidation sites excluding steroid dienone is 2. The SMILES string of the molecule is CCC1=CS/C(=C(\C#N)c2ccnc(NC3CCN(S(C)(=O)=O)CC3)n2)N1.O=C(O)C(F)(F)F. The maximum Gasteiger partial charge on any atom is 0.490 e. The van der Waals surface area contributed by atoms with E-state index in [1.807, 2.05) is 5.41 Å². The van der Waals surface area contributed by atoms with Crippen molar-refractivity contribution in [2.75, 3.05) is 24.7 Å². The predicted molar refractivity (Wildman–Crippen MR) is 120 cm³/mol. The van der Waals surface area contributed by atoms with E-state index < -0.39 is 22.2 Å². The molecule has 186 valence electrons. The van der Waals surface area contributed by atoms with Gasteiger partial charge < -0.3 is 15.7 Å². The van der Waals surface area contributed by atoms with Gasteiger partial charge in [-0.25, -0.2) is 27.5 Å². The van der Waals surface area contributed by atoms with Gasteiger partial charge in [0.1, 0.15) is 11.6 Å². The van der Waals surface area contributed by atoms with Crippen molar-refractivity contribution in [3.63, 3.8) is 0 Å². The number of nitrogens with one attached hydrogen (secondary N) is 2. The van der Waals surface area contributed by atoms with Gasteiger partial charge in [-0.2, -0.15) is 18.4 Å². The van der Waals surface area contributed by atoms with E-state index in [2.05, 4.69) is 33.6 Å². The van der Waals surface area contributed by atoms with Gasteiger partial charge in [-0.05, 0) is 30.7 Å². The molecule has 0 atom stereocenters. The Morgan fingerprint density at radius 3 is 2.50 bits per heavy atom. The minimum atomic E-state index is -5.08. The minimum absolute atomic E-state index is 0.101. The van der Waals surface area contributed by atoms with Crippen molar-refractivity contribution in [2.45, 2.75) is 38.4 Å². The molecule has 0 aliphatic carbocycles. The highest BCUT2D eigenvalue weighted by Gasteiger charge is 2.38. The predicted octanol–water partition coefficient (Wildman–Crippen LogP) is 2.73. The van der Waals surface area contributed by atoms with Gasteiger partial charge in [-0.15, -0.1) is 0 Å². The first-order valence-electron chi connectivity index (χ1n) is 9.97. The van der Waals surface area contributed by atoms with Crippen LogP contribution in [0.25, 0.3) is 5.57 Å². The summed E-state index contributed by atoms with van der Waals surface area (Å²) in [7, 11) is -3.14. The van der Waals surface area contributed by atoms with Crippen LogP contribution < -0.4 is 10.6 Å². The summed E-state index contributed by atoms with van der Waals surface area (Å²) in [6.45, 7) is 3.02. The molecule has 0 radical (unpaired) electrons. The number of carboxylic acid groups (broad SMARTS) is 1. The molecule has 34 heavy (non-hydrogen) atoms. The van der Waals surface area contributed by atoms with Crippen molar-refractivity contribution in [2.24, 2.45) is 0 Å². The Hall–Kier alpha value is -2.83. The summed E-state index contributed by atoms with van der Waals surface area (Å²) in [4.78, 5) is 17.6. The number of hydrogen-bond donors (Lipinski definition) is 3. The molecule has 3 rings (SSSR count). The summed E-state index contributed by atoms with van der Waals surface area (Å²) in [6.07, 6.45) is 0.0279. The molecular formula is C19H23F3N6O4S2. The Kier molecular flexibility index (Phi) is 9.30. The van der Waals surface area contributed by atoms with Crippen LogP contribution in [-0.2, 0) is 14.8 Å². The number of hydrogen-bond acceptors (Lipinski definition) is 9. The second-order valence-corrected chi connectivity index (χ2v) is 10.1. The minimum Gasteiger partial charge on any atom is -0.475 e. The molecule has 2 aliphatic rings. The summed E-state index contributed by atoms with van der Waals surface area (Å²) in [5.41, 5.74) is 2.12. The summed E-state index contributed by atoms with van der Waals surface area (Å²) >= 11 is 1.49. The van der Waals surface area contributed by atoms with Gasteiger partial charge in [0.2, 0.25) is 16.0 Å². The molecule has 1 fully saturated rings. The van der Waals surface area contributed by atoms with E-state index in [0.29, 0.717) is 43.1 Å². The lowest BCUT2D eigenvalue weighted by Gasteiger charge is -2.30. The molecule has 1 aromatic heterocycles. The second kappa shape index (κ2) is 11.5. The molecule has 0 spiro atoms. The van der Waals surface area contributed by atoms with E-state index in [1.165, 1.54) is 22.3 Å².